The summed E-state index contributed by atoms with van der Waals surface area (Å²) in [5.41, 5.74) is -0.820. The Balaban J connectivity index is 3.13. The summed E-state index contributed by atoms with van der Waals surface area (Å²) in [5, 5.41) is 15.3. The maximum atomic E-state index is 12.8. The summed E-state index contributed by atoms with van der Waals surface area (Å²) in [4.78, 5) is 6.95. The van der Waals surface area contributed by atoms with Crippen molar-refractivity contribution in [3.8, 4) is 0 Å². The van der Waals surface area contributed by atoms with Crippen LogP contribution in [0, 0.1) is 0 Å². The number of rotatable bonds is 6. The van der Waals surface area contributed by atoms with Gasteiger partial charge in [-0.1, -0.05) is 6.92 Å². The summed E-state index contributed by atoms with van der Waals surface area (Å²) < 4.78 is 38.5. The third-order valence-electron chi connectivity index (χ3n) is 3.03. The smallest absolute Gasteiger partial charge is 0.391 e. The zero-order valence-corrected chi connectivity index (χ0v) is 12.5. The largest absolute Gasteiger partial charge is 0.451 e. The highest BCUT2D eigenvalue weighted by Gasteiger charge is 2.36. The second-order valence-corrected chi connectivity index (χ2v) is 5.41. The first kappa shape index (κ1) is 17.5. The molecule has 1 heterocycles. The molecular formula is C13H21F3N4O. The van der Waals surface area contributed by atoms with Gasteiger partial charge in [-0.15, -0.1) is 0 Å². The fourth-order valence-electron chi connectivity index (χ4n) is 1.42. The summed E-state index contributed by atoms with van der Waals surface area (Å²) in [6.07, 6.45) is -4.64. The zero-order chi connectivity index (χ0) is 16.3. The molecule has 0 fully saturated rings. The SMILES string of the molecule is CCCNc1cc(NC(C)(C)C(C)O)nc(C(F)(F)F)n1. The van der Waals surface area contributed by atoms with Gasteiger partial charge < -0.3 is 15.7 Å². The van der Waals surface area contributed by atoms with Crippen LogP contribution in [0.25, 0.3) is 0 Å². The lowest BCUT2D eigenvalue weighted by Gasteiger charge is -2.30. The molecule has 3 N–H and O–H groups in total. The molecule has 1 unspecified atom stereocenters. The highest BCUT2D eigenvalue weighted by Crippen LogP contribution is 2.29. The lowest BCUT2D eigenvalue weighted by atomic mass is 9.99. The van der Waals surface area contributed by atoms with Crippen LogP contribution in [-0.2, 0) is 6.18 Å². The number of alkyl halides is 3. The Bertz CT molecular complexity index is 475. The van der Waals surface area contributed by atoms with Gasteiger partial charge in [0.2, 0.25) is 5.82 Å². The highest BCUT2D eigenvalue weighted by atomic mass is 19.4. The fraction of sp³-hybridized carbons (Fsp3) is 0.692. The van der Waals surface area contributed by atoms with E-state index in [4.69, 9.17) is 0 Å². The van der Waals surface area contributed by atoms with Gasteiger partial charge in [-0.3, -0.25) is 0 Å². The normalized spacial score (nSPS) is 13.9. The van der Waals surface area contributed by atoms with Crippen LogP contribution in [0.1, 0.15) is 39.9 Å². The molecule has 8 heteroatoms. The molecule has 0 saturated carbocycles. The van der Waals surface area contributed by atoms with E-state index >= 15 is 0 Å². The van der Waals surface area contributed by atoms with E-state index in [2.05, 4.69) is 20.6 Å². The van der Waals surface area contributed by atoms with Crippen molar-refractivity contribution in [2.45, 2.75) is 51.9 Å². The van der Waals surface area contributed by atoms with Crippen molar-refractivity contribution in [2.75, 3.05) is 17.2 Å². The van der Waals surface area contributed by atoms with Gasteiger partial charge in [0.05, 0.1) is 11.6 Å². The standard InChI is InChI=1S/C13H21F3N4O/c1-5-6-17-9-7-10(20-12(3,4)8(2)21)19-11(18-9)13(14,15)16/h7-8,21H,5-6H2,1-4H3,(H2,17,18,19,20). The Kier molecular flexibility index (Phi) is 5.38. The first-order valence-corrected chi connectivity index (χ1v) is 6.72. The monoisotopic (exact) mass is 306 g/mol. The number of aromatic nitrogens is 2. The van der Waals surface area contributed by atoms with E-state index < -0.39 is 23.6 Å². The average molecular weight is 306 g/mol. The van der Waals surface area contributed by atoms with Gasteiger partial charge in [-0.2, -0.15) is 13.2 Å². The van der Waals surface area contributed by atoms with Crippen LogP contribution in [0.2, 0.25) is 0 Å². The van der Waals surface area contributed by atoms with Crippen molar-refractivity contribution in [1.29, 1.82) is 0 Å². The van der Waals surface area contributed by atoms with Gasteiger partial charge in [0.15, 0.2) is 0 Å². The second-order valence-electron chi connectivity index (χ2n) is 5.41. The van der Waals surface area contributed by atoms with Gasteiger partial charge in [0.1, 0.15) is 11.6 Å². The molecule has 1 rings (SSSR count). The van der Waals surface area contributed by atoms with Crippen LogP contribution in [-0.4, -0.2) is 33.3 Å². The van der Waals surface area contributed by atoms with E-state index in [1.54, 1.807) is 20.8 Å². The van der Waals surface area contributed by atoms with Gasteiger partial charge in [-0.25, -0.2) is 9.97 Å². The number of anilines is 2. The zero-order valence-electron chi connectivity index (χ0n) is 12.5. The van der Waals surface area contributed by atoms with Crippen LogP contribution in [0.15, 0.2) is 6.07 Å². The predicted octanol–water partition coefficient (Wildman–Crippen LogP) is 2.89. The number of halogens is 3. The molecule has 0 aliphatic rings. The molecule has 5 nitrogen and oxygen atoms in total. The lowest BCUT2D eigenvalue weighted by Crippen LogP contribution is -2.42. The number of aliphatic hydroxyl groups excluding tert-OH is 1. The molecule has 1 aromatic heterocycles. The summed E-state index contributed by atoms with van der Waals surface area (Å²) >= 11 is 0. The summed E-state index contributed by atoms with van der Waals surface area (Å²) in [5.74, 6) is -1.10. The number of aliphatic hydroxyl groups is 1. The summed E-state index contributed by atoms with van der Waals surface area (Å²) in [6.45, 7) is 7.30. The lowest BCUT2D eigenvalue weighted by molar-refractivity contribution is -0.144. The quantitative estimate of drug-likeness (QED) is 0.754. The van der Waals surface area contributed by atoms with E-state index in [1.165, 1.54) is 6.07 Å². The van der Waals surface area contributed by atoms with E-state index in [0.29, 0.717) is 6.54 Å². The molecule has 0 aliphatic carbocycles. The maximum Gasteiger partial charge on any atom is 0.451 e. The van der Waals surface area contributed by atoms with Crippen LogP contribution in [0.3, 0.4) is 0 Å². The third-order valence-corrected chi connectivity index (χ3v) is 3.03. The summed E-state index contributed by atoms with van der Waals surface area (Å²) in [7, 11) is 0. The van der Waals surface area contributed by atoms with Gasteiger partial charge in [-0.05, 0) is 27.2 Å². The Labute approximate surface area is 122 Å². The molecule has 0 spiro atoms. The number of nitrogens with one attached hydrogen (secondary N) is 2. The average Bonchev–Trinajstić information content (AvgIpc) is 2.34. The molecule has 0 bridgehead atoms. The Morgan fingerprint density at radius 2 is 1.81 bits per heavy atom. The maximum absolute atomic E-state index is 12.8. The minimum atomic E-state index is -4.63. The summed E-state index contributed by atoms with van der Waals surface area (Å²) in [6, 6.07) is 1.40. The molecule has 1 aromatic rings. The molecule has 0 saturated heterocycles. The van der Waals surface area contributed by atoms with Gasteiger partial charge in [0.25, 0.3) is 0 Å². The van der Waals surface area contributed by atoms with Crippen molar-refractivity contribution in [3.05, 3.63) is 11.9 Å². The third kappa shape index (κ3) is 5.04. The fourth-order valence-corrected chi connectivity index (χ4v) is 1.42. The number of hydrogen-bond acceptors (Lipinski definition) is 5. The van der Waals surface area contributed by atoms with Crippen LogP contribution in [0.5, 0.6) is 0 Å². The number of nitrogens with zero attached hydrogens (tertiary/aromatic N) is 2. The van der Waals surface area contributed by atoms with Gasteiger partial charge >= 0.3 is 6.18 Å². The molecular weight excluding hydrogens is 285 g/mol. The Morgan fingerprint density at radius 1 is 1.24 bits per heavy atom. The van der Waals surface area contributed by atoms with Crippen molar-refractivity contribution in [1.82, 2.24) is 9.97 Å². The molecule has 21 heavy (non-hydrogen) atoms. The predicted molar refractivity (Wildman–Crippen MR) is 75.2 cm³/mol. The Morgan fingerprint density at radius 3 is 2.29 bits per heavy atom. The van der Waals surface area contributed by atoms with Crippen molar-refractivity contribution >= 4 is 11.6 Å². The van der Waals surface area contributed by atoms with Gasteiger partial charge in [0, 0.05) is 12.6 Å². The van der Waals surface area contributed by atoms with Crippen LogP contribution in [0.4, 0.5) is 24.8 Å². The minimum absolute atomic E-state index is 0.0156. The van der Waals surface area contributed by atoms with Crippen LogP contribution >= 0.6 is 0 Å². The molecule has 0 aliphatic heterocycles. The first-order valence-electron chi connectivity index (χ1n) is 6.72. The molecule has 0 radical (unpaired) electrons. The second kappa shape index (κ2) is 6.46. The van der Waals surface area contributed by atoms with E-state index in [1.807, 2.05) is 6.92 Å². The van der Waals surface area contributed by atoms with Crippen molar-refractivity contribution in [3.63, 3.8) is 0 Å². The van der Waals surface area contributed by atoms with E-state index in [-0.39, 0.29) is 11.6 Å². The van der Waals surface area contributed by atoms with Crippen molar-refractivity contribution < 1.29 is 18.3 Å². The topological polar surface area (TPSA) is 70.1 Å². The molecule has 0 amide bonds. The first-order chi connectivity index (χ1) is 9.56. The van der Waals surface area contributed by atoms with E-state index in [9.17, 15) is 18.3 Å². The number of hydrogen-bond donors (Lipinski definition) is 3. The minimum Gasteiger partial charge on any atom is -0.391 e. The Hall–Kier alpha value is -1.57. The molecule has 0 aromatic carbocycles. The van der Waals surface area contributed by atoms with E-state index in [0.717, 1.165) is 6.42 Å². The van der Waals surface area contributed by atoms with Crippen LogP contribution < -0.4 is 10.6 Å². The highest BCUT2D eigenvalue weighted by molar-refractivity contribution is 5.49. The molecule has 120 valence electrons. The molecule has 1 atom stereocenters. The van der Waals surface area contributed by atoms with Crippen molar-refractivity contribution in [2.24, 2.45) is 0 Å².